The lowest BCUT2D eigenvalue weighted by atomic mass is 10.2. The van der Waals surface area contributed by atoms with Crippen LogP contribution in [0.5, 0.6) is 0 Å². The molecule has 0 spiro atoms. The standard InChI is InChI=1S/C12H22N2O3S/c1-9(2)13(3)11(15)7-14-4-5-18-8-10(14)6-12(16)17/h9-10H,4-8H2,1-3H3,(H,16,17). The van der Waals surface area contributed by atoms with Gasteiger partial charge in [-0.25, -0.2) is 0 Å². The normalized spacial score (nSPS) is 21.0. The molecule has 1 atom stereocenters. The Hall–Kier alpha value is -0.750. The maximum Gasteiger partial charge on any atom is 0.304 e. The topological polar surface area (TPSA) is 60.9 Å². The van der Waals surface area contributed by atoms with Gasteiger partial charge in [0.1, 0.15) is 0 Å². The minimum Gasteiger partial charge on any atom is -0.481 e. The van der Waals surface area contributed by atoms with Gasteiger partial charge in [-0.1, -0.05) is 0 Å². The fourth-order valence-corrected chi connectivity index (χ4v) is 2.99. The SMILES string of the molecule is CC(C)N(C)C(=O)CN1CCSCC1CC(=O)O. The van der Waals surface area contributed by atoms with Crippen LogP contribution in [0.4, 0.5) is 0 Å². The minimum atomic E-state index is -0.794. The Kier molecular flexibility index (Phi) is 5.95. The molecule has 18 heavy (non-hydrogen) atoms. The van der Waals surface area contributed by atoms with E-state index in [-0.39, 0.29) is 24.4 Å². The molecule has 0 saturated carbocycles. The molecule has 1 saturated heterocycles. The van der Waals surface area contributed by atoms with Gasteiger partial charge in [-0.3, -0.25) is 14.5 Å². The van der Waals surface area contributed by atoms with E-state index in [9.17, 15) is 9.59 Å². The summed E-state index contributed by atoms with van der Waals surface area (Å²) in [4.78, 5) is 26.5. The van der Waals surface area contributed by atoms with Crippen LogP contribution in [0.25, 0.3) is 0 Å². The second-order valence-corrected chi connectivity index (χ2v) is 6.05. The maximum atomic E-state index is 12.0. The van der Waals surface area contributed by atoms with Gasteiger partial charge in [0.2, 0.25) is 5.91 Å². The molecule has 0 aromatic heterocycles. The van der Waals surface area contributed by atoms with Crippen molar-refractivity contribution < 1.29 is 14.7 Å². The van der Waals surface area contributed by atoms with Crippen LogP contribution in [0.2, 0.25) is 0 Å². The van der Waals surface area contributed by atoms with Gasteiger partial charge >= 0.3 is 5.97 Å². The Morgan fingerprint density at radius 2 is 2.17 bits per heavy atom. The number of carboxylic acids is 1. The van der Waals surface area contributed by atoms with Crippen molar-refractivity contribution in [1.82, 2.24) is 9.80 Å². The quantitative estimate of drug-likeness (QED) is 0.801. The van der Waals surface area contributed by atoms with Crippen LogP contribution in [0.3, 0.4) is 0 Å². The Balaban J connectivity index is 2.56. The Bertz CT molecular complexity index is 310. The summed E-state index contributed by atoms with van der Waals surface area (Å²) in [6, 6.07) is 0.153. The van der Waals surface area contributed by atoms with Crippen LogP contribution in [-0.4, -0.2) is 70.5 Å². The molecule has 104 valence electrons. The van der Waals surface area contributed by atoms with Crippen LogP contribution in [0, 0.1) is 0 Å². The Morgan fingerprint density at radius 1 is 1.50 bits per heavy atom. The van der Waals surface area contributed by atoms with E-state index in [1.54, 1.807) is 23.7 Å². The first-order valence-corrected chi connectivity index (χ1v) is 7.36. The zero-order valence-corrected chi connectivity index (χ0v) is 12.1. The fourth-order valence-electron chi connectivity index (χ4n) is 1.86. The summed E-state index contributed by atoms with van der Waals surface area (Å²) in [5.74, 6) is 1.03. The summed E-state index contributed by atoms with van der Waals surface area (Å²) < 4.78 is 0. The van der Waals surface area contributed by atoms with Crippen molar-refractivity contribution >= 4 is 23.6 Å². The third-order valence-electron chi connectivity index (χ3n) is 3.27. The molecule has 0 bridgehead atoms. The zero-order chi connectivity index (χ0) is 13.7. The van der Waals surface area contributed by atoms with E-state index in [1.165, 1.54) is 0 Å². The van der Waals surface area contributed by atoms with E-state index in [0.29, 0.717) is 6.54 Å². The molecular weight excluding hydrogens is 252 g/mol. The number of aliphatic carboxylic acids is 1. The van der Waals surface area contributed by atoms with E-state index in [4.69, 9.17) is 5.11 Å². The summed E-state index contributed by atoms with van der Waals surface area (Å²) in [5, 5.41) is 8.88. The average molecular weight is 274 g/mol. The number of nitrogens with zero attached hydrogens (tertiary/aromatic N) is 2. The first kappa shape index (κ1) is 15.3. The van der Waals surface area contributed by atoms with Gasteiger partial charge in [-0.05, 0) is 13.8 Å². The highest BCUT2D eigenvalue weighted by Crippen LogP contribution is 2.19. The summed E-state index contributed by atoms with van der Waals surface area (Å²) in [6.45, 7) is 5.06. The number of hydrogen-bond donors (Lipinski definition) is 1. The smallest absolute Gasteiger partial charge is 0.304 e. The number of thioether (sulfide) groups is 1. The maximum absolute atomic E-state index is 12.0. The predicted molar refractivity (Wildman–Crippen MR) is 72.8 cm³/mol. The van der Waals surface area contributed by atoms with Crippen molar-refractivity contribution in [2.24, 2.45) is 0 Å². The fraction of sp³-hybridized carbons (Fsp3) is 0.833. The van der Waals surface area contributed by atoms with Crippen molar-refractivity contribution in [1.29, 1.82) is 0 Å². The molecular formula is C12H22N2O3S. The summed E-state index contributed by atoms with van der Waals surface area (Å²) >= 11 is 1.76. The lowest BCUT2D eigenvalue weighted by Crippen LogP contribution is -2.49. The number of rotatable bonds is 5. The van der Waals surface area contributed by atoms with E-state index in [1.807, 2.05) is 18.7 Å². The monoisotopic (exact) mass is 274 g/mol. The molecule has 6 heteroatoms. The first-order chi connectivity index (χ1) is 8.41. The molecule has 0 aromatic carbocycles. The third-order valence-corrected chi connectivity index (χ3v) is 4.36. The van der Waals surface area contributed by atoms with Crippen LogP contribution in [0.1, 0.15) is 20.3 Å². The van der Waals surface area contributed by atoms with Crippen LogP contribution in [0.15, 0.2) is 0 Å². The van der Waals surface area contributed by atoms with Gasteiger partial charge in [0, 0.05) is 37.2 Å². The van der Waals surface area contributed by atoms with Gasteiger partial charge in [-0.15, -0.1) is 0 Å². The summed E-state index contributed by atoms with van der Waals surface area (Å²) in [7, 11) is 1.79. The molecule has 1 unspecified atom stereocenters. The largest absolute Gasteiger partial charge is 0.481 e. The minimum absolute atomic E-state index is 0.0224. The molecule has 0 radical (unpaired) electrons. The van der Waals surface area contributed by atoms with Gasteiger partial charge in [0.05, 0.1) is 13.0 Å². The van der Waals surface area contributed by atoms with Crippen molar-refractivity contribution in [3.63, 3.8) is 0 Å². The van der Waals surface area contributed by atoms with Crippen molar-refractivity contribution in [2.75, 3.05) is 31.6 Å². The van der Waals surface area contributed by atoms with Gasteiger partial charge in [0.15, 0.2) is 0 Å². The molecule has 1 amide bonds. The van der Waals surface area contributed by atoms with Crippen LogP contribution in [-0.2, 0) is 9.59 Å². The second-order valence-electron chi connectivity index (χ2n) is 4.90. The molecule has 0 aromatic rings. The number of carboxylic acid groups (broad SMARTS) is 1. The van der Waals surface area contributed by atoms with Crippen LogP contribution < -0.4 is 0 Å². The third kappa shape index (κ3) is 4.49. The molecule has 1 fully saturated rings. The highest BCUT2D eigenvalue weighted by Gasteiger charge is 2.27. The number of carbonyl (C=O) groups excluding carboxylic acids is 1. The number of likely N-dealkylation sites (N-methyl/N-ethyl adjacent to an activating group) is 1. The number of hydrogen-bond acceptors (Lipinski definition) is 4. The number of carbonyl (C=O) groups is 2. The molecule has 1 rings (SSSR count). The first-order valence-electron chi connectivity index (χ1n) is 6.21. The summed E-state index contributed by atoms with van der Waals surface area (Å²) in [6.07, 6.45) is 0.117. The predicted octanol–water partition coefficient (Wildman–Crippen LogP) is 0.745. The van der Waals surface area contributed by atoms with E-state index >= 15 is 0 Å². The molecule has 1 aliphatic heterocycles. The van der Waals surface area contributed by atoms with E-state index in [0.717, 1.165) is 18.1 Å². The molecule has 1 aliphatic rings. The van der Waals surface area contributed by atoms with Crippen LogP contribution >= 0.6 is 11.8 Å². The Morgan fingerprint density at radius 3 is 2.72 bits per heavy atom. The summed E-state index contributed by atoms with van der Waals surface area (Å²) in [5.41, 5.74) is 0. The molecule has 5 nitrogen and oxygen atoms in total. The molecule has 1 N–H and O–H groups in total. The van der Waals surface area contributed by atoms with E-state index in [2.05, 4.69) is 0 Å². The van der Waals surface area contributed by atoms with E-state index < -0.39 is 5.97 Å². The lowest BCUT2D eigenvalue weighted by Gasteiger charge is -2.35. The molecule has 1 heterocycles. The highest BCUT2D eigenvalue weighted by molar-refractivity contribution is 7.99. The van der Waals surface area contributed by atoms with Crippen molar-refractivity contribution in [2.45, 2.75) is 32.4 Å². The average Bonchev–Trinajstić information content (AvgIpc) is 2.29. The zero-order valence-electron chi connectivity index (χ0n) is 11.3. The molecule has 0 aliphatic carbocycles. The highest BCUT2D eigenvalue weighted by atomic mass is 32.2. The van der Waals surface area contributed by atoms with Crippen molar-refractivity contribution in [3.8, 4) is 0 Å². The van der Waals surface area contributed by atoms with Gasteiger partial charge in [-0.2, -0.15) is 11.8 Å². The number of amides is 1. The van der Waals surface area contributed by atoms with Crippen molar-refractivity contribution in [3.05, 3.63) is 0 Å². The van der Waals surface area contributed by atoms with Gasteiger partial charge in [0.25, 0.3) is 0 Å². The second kappa shape index (κ2) is 6.99. The van der Waals surface area contributed by atoms with Gasteiger partial charge < -0.3 is 10.0 Å². The Labute approximate surface area is 113 Å². The lowest BCUT2D eigenvalue weighted by molar-refractivity contribution is -0.140.